The summed E-state index contributed by atoms with van der Waals surface area (Å²) in [6.45, 7) is 5.09. The second-order valence-electron chi connectivity index (χ2n) is 2.98. The second-order valence-corrected chi connectivity index (χ2v) is 2.98. The highest BCUT2D eigenvalue weighted by molar-refractivity contribution is 5.94. The Labute approximate surface area is 89.2 Å². The molecule has 0 aliphatic rings. The Balaban J connectivity index is 2.47. The third-order valence-corrected chi connectivity index (χ3v) is 1.82. The van der Waals surface area contributed by atoms with Crippen molar-refractivity contribution < 1.29 is 14.3 Å². The van der Waals surface area contributed by atoms with Gasteiger partial charge in [0.05, 0.1) is 6.61 Å². The molecule has 1 aromatic rings. The van der Waals surface area contributed by atoms with Gasteiger partial charge >= 0.3 is 0 Å². The van der Waals surface area contributed by atoms with Crippen molar-refractivity contribution in [1.82, 2.24) is 4.98 Å². The molecule has 0 spiro atoms. The number of hydrogen-bond donors (Lipinski definition) is 0. The zero-order valence-corrected chi connectivity index (χ0v) is 9.03. The Morgan fingerprint density at radius 1 is 1.47 bits per heavy atom. The number of pyridine rings is 1. The molecule has 0 bridgehead atoms. The van der Waals surface area contributed by atoms with Crippen LogP contribution in [0.4, 0.5) is 0 Å². The van der Waals surface area contributed by atoms with Crippen molar-refractivity contribution in [2.75, 3.05) is 19.8 Å². The molecule has 82 valence electrons. The molecule has 0 saturated heterocycles. The predicted molar refractivity (Wildman–Crippen MR) is 56.2 cm³/mol. The molecule has 0 aliphatic heterocycles. The van der Waals surface area contributed by atoms with E-state index in [-0.39, 0.29) is 5.78 Å². The number of carbonyl (C=O) groups is 1. The van der Waals surface area contributed by atoms with E-state index in [1.165, 1.54) is 6.92 Å². The highest BCUT2D eigenvalue weighted by Crippen LogP contribution is 2.09. The minimum atomic E-state index is 0.00654. The average Bonchev–Trinajstić information content (AvgIpc) is 2.25. The van der Waals surface area contributed by atoms with E-state index in [1.807, 2.05) is 6.92 Å². The minimum Gasteiger partial charge on any atom is -0.475 e. The van der Waals surface area contributed by atoms with Crippen LogP contribution in [0.25, 0.3) is 0 Å². The van der Waals surface area contributed by atoms with E-state index in [0.29, 0.717) is 31.3 Å². The third kappa shape index (κ3) is 4.08. The highest BCUT2D eigenvalue weighted by Gasteiger charge is 2.01. The minimum absolute atomic E-state index is 0.00654. The van der Waals surface area contributed by atoms with Gasteiger partial charge in [0.2, 0.25) is 5.88 Å². The molecule has 0 aromatic carbocycles. The van der Waals surface area contributed by atoms with Gasteiger partial charge in [-0.2, -0.15) is 0 Å². The van der Waals surface area contributed by atoms with Gasteiger partial charge in [-0.1, -0.05) is 0 Å². The summed E-state index contributed by atoms with van der Waals surface area (Å²) in [5.74, 6) is 0.467. The molecule has 0 saturated carbocycles. The smallest absolute Gasteiger partial charge is 0.213 e. The summed E-state index contributed by atoms with van der Waals surface area (Å²) in [5, 5.41) is 0. The molecule has 4 heteroatoms. The quantitative estimate of drug-likeness (QED) is 0.528. The first-order chi connectivity index (χ1) is 7.24. The molecule has 0 unspecified atom stereocenters. The molecule has 1 rings (SSSR count). The molecule has 0 amide bonds. The van der Waals surface area contributed by atoms with Gasteiger partial charge in [-0.3, -0.25) is 4.79 Å². The van der Waals surface area contributed by atoms with Gasteiger partial charge in [-0.05, 0) is 19.9 Å². The maximum Gasteiger partial charge on any atom is 0.213 e. The summed E-state index contributed by atoms with van der Waals surface area (Å²) in [5.41, 5.74) is 0.608. The van der Waals surface area contributed by atoms with Crippen LogP contribution in [0.15, 0.2) is 18.3 Å². The van der Waals surface area contributed by atoms with Crippen LogP contribution >= 0.6 is 0 Å². The number of ether oxygens (including phenoxy) is 2. The van der Waals surface area contributed by atoms with E-state index < -0.39 is 0 Å². The number of carbonyl (C=O) groups excluding carboxylic acids is 1. The third-order valence-electron chi connectivity index (χ3n) is 1.82. The fourth-order valence-corrected chi connectivity index (χ4v) is 1.06. The van der Waals surface area contributed by atoms with Crippen molar-refractivity contribution in [3.8, 4) is 5.88 Å². The summed E-state index contributed by atoms with van der Waals surface area (Å²) < 4.78 is 10.4. The normalized spacial score (nSPS) is 10.0. The summed E-state index contributed by atoms with van der Waals surface area (Å²) in [4.78, 5) is 15.1. The van der Waals surface area contributed by atoms with E-state index in [4.69, 9.17) is 9.47 Å². The van der Waals surface area contributed by atoms with Crippen LogP contribution in [0.1, 0.15) is 24.2 Å². The largest absolute Gasteiger partial charge is 0.475 e. The zero-order valence-electron chi connectivity index (χ0n) is 9.03. The standard InChI is InChI=1S/C11H15NO3/c1-3-14-6-7-15-11-8-10(9(2)13)4-5-12-11/h4-5,8H,3,6-7H2,1-2H3. The van der Waals surface area contributed by atoms with E-state index in [1.54, 1.807) is 18.3 Å². The lowest BCUT2D eigenvalue weighted by Crippen LogP contribution is -2.07. The number of aromatic nitrogens is 1. The van der Waals surface area contributed by atoms with Crippen molar-refractivity contribution >= 4 is 5.78 Å². The molecule has 0 atom stereocenters. The maximum atomic E-state index is 11.1. The lowest BCUT2D eigenvalue weighted by molar-refractivity contribution is 0.101. The Hall–Kier alpha value is -1.42. The number of ketones is 1. The first kappa shape index (κ1) is 11.7. The monoisotopic (exact) mass is 209 g/mol. The molecular formula is C11H15NO3. The Kier molecular flexibility index (Phi) is 4.77. The second kappa shape index (κ2) is 6.14. The number of rotatable bonds is 6. The van der Waals surface area contributed by atoms with E-state index in [2.05, 4.69) is 4.98 Å². The zero-order chi connectivity index (χ0) is 11.1. The van der Waals surface area contributed by atoms with Crippen LogP contribution in [-0.4, -0.2) is 30.6 Å². The summed E-state index contributed by atoms with van der Waals surface area (Å²) >= 11 is 0. The fraction of sp³-hybridized carbons (Fsp3) is 0.455. The average molecular weight is 209 g/mol. The molecule has 0 fully saturated rings. The van der Waals surface area contributed by atoms with Gasteiger partial charge in [0.25, 0.3) is 0 Å². The van der Waals surface area contributed by atoms with E-state index in [9.17, 15) is 4.79 Å². The van der Waals surface area contributed by atoms with Crippen LogP contribution in [0.3, 0.4) is 0 Å². The predicted octanol–water partition coefficient (Wildman–Crippen LogP) is 1.70. The van der Waals surface area contributed by atoms with Crippen molar-refractivity contribution in [3.05, 3.63) is 23.9 Å². The SMILES string of the molecule is CCOCCOc1cc(C(C)=O)ccn1. The molecule has 4 nitrogen and oxygen atoms in total. The molecular weight excluding hydrogens is 194 g/mol. The topological polar surface area (TPSA) is 48.4 Å². The van der Waals surface area contributed by atoms with Crippen LogP contribution in [0, 0.1) is 0 Å². The number of Topliss-reactive ketones (excluding diaryl/α,β-unsaturated/α-hetero) is 1. The van der Waals surface area contributed by atoms with Crippen LogP contribution in [-0.2, 0) is 4.74 Å². The number of hydrogen-bond acceptors (Lipinski definition) is 4. The van der Waals surface area contributed by atoms with E-state index in [0.717, 1.165) is 0 Å². The molecule has 0 radical (unpaired) electrons. The van der Waals surface area contributed by atoms with Crippen LogP contribution < -0.4 is 4.74 Å². The molecule has 0 N–H and O–H groups in total. The maximum absolute atomic E-state index is 11.1. The first-order valence-electron chi connectivity index (χ1n) is 4.91. The van der Waals surface area contributed by atoms with Gasteiger partial charge in [0.15, 0.2) is 5.78 Å². The Morgan fingerprint density at radius 3 is 2.93 bits per heavy atom. The van der Waals surface area contributed by atoms with E-state index >= 15 is 0 Å². The number of nitrogens with zero attached hydrogens (tertiary/aromatic N) is 1. The van der Waals surface area contributed by atoms with Gasteiger partial charge < -0.3 is 9.47 Å². The van der Waals surface area contributed by atoms with Gasteiger partial charge in [0, 0.05) is 24.4 Å². The molecule has 0 aliphatic carbocycles. The van der Waals surface area contributed by atoms with Crippen LogP contribution in [0.2, 0.25) is 0 Å². The van der Waals surface area contributed by atoms with Crippen molar-refractivity contribution in [3.63, 3.8) is 0 Å². The lowest BCUT2D eigenvalue weighted by atomic mass is 10.2. The van der Waals surface area contributed by atoms with Crippen molar-refractivity contribution in [1.29, 1.82) is 0 Å². The Bertz CT molecular complexity index is 325. The van der Waals surface area contributed by atoms with Gasteiger partial charge in [-0.15, -0.1) is 0 Å². The fourth-order valence-electron chi connectivity index (χ4n) is 1.06. The molecule has 15 heavy (non-hydrogen) atoms. The summed E-state index contributed by atoms with van der Waals surface area (Å²) in [6.07, 6.45) is 1.56. The highest BCUT2D eigenvalue weighted by atomic mass is 16.5. The van der Waals surface area contributed by atoms with Gasteiger partial charge in [0.1, 0.15) is 6.61 Å². The molecule has 1 aromatic heterocycles. The summed E-state index contributed by atoms with van der Waals surface area (Å²) in [6, 6.07) is 3.30. The van der Waals surface area contributed by atoms with Gasteiger partial charge in [-0.25, -0.2) is 4.98 Å². The Morgan fingerprint density at radius 2 is 2.27 bits per heavy atom. The van der Waals surface area contributed by atoms with Crippen LogP contribution in [0.5, 0.6) is 5.88 Å². The van der Waals surface area contributed by atoms with Crippen molar-refractivity contribution in [2.24, 2.45) is 0 Å². The summed E-state index contributed by atoms with van der Waals surface area (Å²) in [7, 11) is 0. The molecule has 1 heterocycles. The first-order valence-corrected chi connectivity index (χ1v) is 4.91. The lowest BCUT2D eigenvalue weighted by Gasteiger charge is -2.05. The van der Waals surface area contributed by atoms with Crippen molar-refractivity contribution in [2.45, 2.75) is 13.8 Å².